The van der Waals surface area contributed by atoms with Gasteiger partial charge in [-0.15, -0.1) is 0 Å². The minimum atomic E-state index is -0.485. The quantitative estimate of drug-likeness (QED) is 0.895. The number of hydrogen-bond donors (Lipinski definition) is 2. The van der Waals surface area contributed by atoms with Crippen molar-refractivity contribution in [3.63, 3.8) is 0 Å². The summed E-state index contributed by atoms with van der Waals surface area (Å²) in [6, 6.07) is 5.30. The molecule has 1 heterocycles. The average Bonchev–Trinajstić information content (AvgIpc) is 2.46. The molecule has 0 atom stereocenters. The van der Waals surface area contributed by atoms with E-state index in [1.165, 1.54) is 6.42 Å². The second-order valence-electron chi connectivity index (χ2n) is 7.43. The first-order valence-corrected chi connectivity index (χ1v) is 8.25. The van der Waals surface area contributed by atoms with E-state index in [4.69, 9.17) is 5.73 Å². The van der Waals surface area contributed by atoms with Crippen molar-refractivity contribution >= 4 is 23.2 Å². The summed E-state index contributed by atoms with van der Waals surface area (Å²) in [4.78, 5) is 26.0. The zero-order valence-electron chi connectivity index (χ0n) is 14.3. The van der Waals surface area contributed by atoms with Gasteiger partial charge in [-0.1, -0.05) is 20.8 Å². The maximum atomic E-state index is 12.3. The van der Waals surface area contributed by atoms with Crippen molar-refractivity contribution in [1.29, 1.82) is 0 Å². The lowest BCUT2D eigenvalue weighted by Crippen LogP contribution is -2.31. The summed E-state index contributed by atoms with van der Waals surface area (Å²) in [6.45, 7) is 8.02. The summed E-state index contributed by atoms with van der Waals surface area (Å²) in [5, 5.41) is 2.97. The fourth-order valence-corrected chi connectivity index (χ4v) is 2.88. The lowest BCUT2D eigenvalue weighted by Gasteiger charge is -2.31. The molecule has 1 aliphatic heterocycles. The highest BCUT2D eigenvalue weighted by molar-refractivity contribution is 5.99. The van der Waals surface area contributed by atoms with Gasteiger partial charge in [0.1, 0.15) is 0 Å². The second-order valence-corrected chi connectivity index (χ2v) is 7.43. The van der Waals surface area contributed by atoms with Crippen molar-refractivity contribution in [3.05, 3.63) is 23.8 Å². The molecule has 5 nitrogen and oxygen atoms in total. The Hall–Kier alpha value is -2.04. The third kappa shape index (κ3) is 4.98. The Bertz CT molecular complexity index is 584. The number of nitrogens with zero attached hydrogens (tertiary/aromatic N) is 1. The summed E-state index contributed by atoms with van der Waals surface area (Å²) in [5.41, 5.74) is 7.35. The van der Waals surface area contributed by atoms with Crippen molar-refractivity contribution in [1.82, 2.24) is 0 Å². The van der Waals surface area contributed by atoms with E-state index in [1.807, 2.05) is 26.8 Å². The van der Waals surface area contributed by atoms with Crippen molar-refractivity contribution in [2.24, 2.45) is 11.1 Å². The zero-order valence-corrected chi connectivity index (χ0v) is 14.3. The first-order valence-electron chi connectivity index (χ1n) is 8.25. The molecule has 2 amide bonds. The van der Waals surface area contributed by atoms with Crippen LogP contribution in [0.15, 0.2) is 18.2 Å². The number of hydrogen-bond acceptors (Lipinski definition) is 3. The van der Waals surface area contributed by atoms with Crippen molar-refractivity contribution in [2.75, 3.05) is 23.3 Å². The summed E-state index contributed by atoms with van der Waals surface area (Å²) >= 11 is 0. The van der Waals surface area contributed by atoms with Gasteiger partial charge in [0.2, 0.25) is 11.8 Å². The predicted octanol–water partition coefficient (Wildman–Crippen LogP) is 3.15. The molecule has 0 aliphatic carbocycles. The predicted molar refractivity (Wildman–Crippen MR) is 93.7 cm³/mol. The van der Waals surface area contributed by atoms with Crippen LogP contribution in [-0.4, -0.2) is 24.9 Å². The molecular formula is C18H27N3O2. The zero-order chi connectivity index (χ0) is 17.0. The molecular weight excluding hydrogens is 290 g/mol. The van der Waals surface area contributed by atoms with Gasteiger partial charge in [-0.3, -0.25) is 9.59 Å². The van der Waals surface area contributed by atoms with E-state index in [9.17, 15) is 9.59 Å². The maximum absolute atomic E-state index is 12.3. The summed E-state index contributed by atoms with van der Waals surface area (Å²) in [6.07, 6.45) is 3.95. The first-order chi connectivity index (χ1) is 10.8. The number of benzene rings is 1. The molecule has 0 unspecified atom stereocenters. The highest BCUT2D eigenvalue weighted by Gasteiger charge is 2.20. The van der Waals surface area contributed by atoms with Crippen LogP contribution in [-0.2, 0) is 4.79 Å². The summed E-state index contributed by atoms with van der Waals surface area (Å²) < 4.78 is 0. The van der Waals surface area contributed by atoms with Gasteiger partial charge in [0.15, 0.2) is 0 Å². The molecule has 1 saturated heterocycles. The van der Waals surface area contributed by atoms with E-state index in [0.717, 1.165) is 31.6 Å². The van der Waals surface area contributed by atoms with Crippen LogP contribution >= 0.6 is 0 Å². The van der Waals surface area contributed by atoms with Crippen LogP contribution in [0.5, 0.6) is 0 Å². The van der Waals surface area contributed by atoms with Gasteiger partial charge in [-0.25, -0.2) is 0 Å². The molecule has 5 heteroatoms. The first kappa shape index (κ1) is 17.3. The number of carbonyl (C=O) groups excluding carboxylic acids is 2. The number of carbonyl (C=O) groups is 2. The largest absolute Gasteiger partial charge is 0.370 e. The molecule has 126 valence electrons. The summed E-state index contributed by atoms with van der Waals surface area (Å²) in [5.74, 6) is -0.529. The van der Waals surface area contributed by atoms with Gasteiger partial charge in [-0.2, -0.15) is 0 Å². The molecule has 2 rings (SSSR count). The van der Waals surface area contributed by atoms with Gasteiger partial charge < -0.3 is 16.0 Å². The molecule has 1 fully saturated rings. The van der Waals surface area contributed by atoms with Crippen molar-refractivity contribution in [3.8, 4) is 0 Å². The van der Waals surface area contributed by atoms with Gasteiger partial charge in [-0.05, 0) is 42.9 Å². The number of nitrogens with two attached hydrogens (primary N) is 1. The Balaban J connectivity index is 2.27. The monoisotopic (exact) mass is 317 g/mol. The van der Waals surface area contributed by atoms with E-state index < -0.39 is 5.91 Å². The minimum Gasteiger partial charge on any atom is -0.370 e. The molecule has 3 N–H and O–H groups in total. The van der Waals surface area contributed by atoms with Gasteiger partial charge in [0, 0.05) is 25.1 Å². The topological polar surface area (TPSA) is 75.4 Å². The Kier molecular flexibility index (Phi) is 5.29. The van der Waals surface area contributed by atoms with Gasteiger partial charge in [0.05, 0.1) is 11.4 Å². The third-order valence-electron chi connectivity index (χ3n) is 3.94. The lowest BCUT2D eigenvalue weighted by molar-refractivity contribution is -0.117. The fourth-order valence-electron chi connectivity index (χ4n) is 2.88. The smallest absolute Gasteiger partial charge is 0.248 e. The second kappa shape index (κ2) is 7.02. The van der Waals surface area contributed by atoms with E-state index in [1.54, 1.807) is 12.1 Å². The number of piperidine rings is 1. The standard InChI is InChI=1S/C18H27N3O2/c1-18(2,3)12-16(22)20-14-11-13(17(19)23)7-8-15(14)21-9-5-4-6-10-21/h7-8,11H,4-6,9-10,12H2,1-3H3,(H2,19,23)(H,20,22). The number of nitrogens with one attached hydrogen (secondary N) is 1. The van der Waals surface area contributed by atoms with Crippen LogP contribution in [0.2, 0.25) is 0 Å². The van der Waals surface area contributed by atoms with Crippen LogP contribution in [0.25, 0.3) is 0 Å². The number of primary amides is 1. The van der Waals surface area contributed by atoms with Crippen molar-refractivity contribution < 1.29 is 9.59 Å². The van der Waals surface area contributed by atoms with Crippen LogP contribution in [0.4, 0.5) is 11.4 Å². The molecule has 1 aromatic rings. The van der Waals surface area contributed by atoms with Gasteiger partial charge >= 0.3 is 0 Å². The van der Waals surface area contributed by atoms with Crippen LogP contribution in [0.3, 0.4) is 0 Å². The summed E-state index contributed by atoms with van der Waals surface area (Å²) in [7, 11) is 0. The lowest BCUT2D eigenvalue weighted by atomic mass is 9.92. The molecule has 0 bridgehead atoms. The van der Waals surface area contributed by atoms with Gasteiger partial charge in [0.25, 0.3) is 0 Å². The van der Waals surface area contributed by atoms with Crippen LogP contribution in [0.1, 0.15) is 56.8 Å². The van der Waals surface area contributed by atoms with Crippen LogP contribution in [0, 0.1) is 5.41 Å². The Morgan fingerprint density at radius 2 is 1.83 bits per heavy atom. The SMILES string of the molecule is CC(C)(C)CC(=O)Nc1cc(C(N)=O)ccc1N1CCCCC1. The third-order valence-corrected chi connectivity index (χ3v) is 3.94. The Labute approximate surface area is 138 Å². The molecule has 1 aliphatic rings. The highest BCUT2D eigenvalue weighted by atomic mass is 16.2. The highest BCUT2D eigenvalue weighted by Crippen LogP contribution is 2.30. The number of amides is 2. The van der Waals surface area contributed by atoms with E-state index in [2.05, 4.69) is 10.2 Å². The molecule has 0 saturated carbocycles. The maximum Gasteiger partial charge on any atom is 0.248 e. The van der Waals surface area contributed by atoms with E-state index in [0.29, 0.717) is 17.7 Å². The van der Waals surface area contributed by atoms with E-state index in [-0.39, 0.29) is 11.3 Å². The number of anilines is 2. The molecule has 23 heavy (non-hydrogen) atoms. The molecule has 0 aromatic heterocycles. The van der Waals surface area contributed by atoms with E-state index >= 15 is 0 Å². The fraction of sp³-hybridized carbons (Fsp3) is 0.556. The molecule has 1 aromatic carbocycles. The normalized spacial score (nSPS) is 15.3. The Morgan fingerprint density at radius 3 is 2.39 bits per heavy atom. The molecule has 0 spiro atoms. The number of rotatable bonds is 4. The Morgan fingerprint density at radius 1 is 1.17 bits per heavy atom. The average molecular weight is 317 g/mol. The minimum absolute atomic E-state index is 0.0441. The van der Waals surface area contributed by atoms with Crippen molar-refractivity contribution in [2.45, 2.75) is 46.5 Å². The molecule has 0 radical (unpaired) electrons. The van der Waals surface area contributed by atoms with Crippen LogP contribution < -0.4 is 16.0 Å².